The van der Waals surface area contributed by atoms with E-state index in [-0.39, 0.29) is 5.91 Å². The van der Waals surface area contributed by atoms with Gasteiger partial charge < -0.3 is 14.8 Å². The minimum atomic E-state index is -0.114. The summed E-state index contributed by atoms with van der Waals surface area (Å²) in [6.07, 6.45) is 0. The minimum absolute atomic E-state index is 0.114. The number of benzene rings is 1. The number of carbonyl (C=O) groups is 1. The van der Waals surface area contributed by atoms with Gasteiger partial charge in [0.15, 0.2) is 0 Å². The molecule has 0 atom stereocenters. The number of rotatable bonds is 8. The number of nitrogens with one attached hydrogen (secondary N) is 1. The summed E-state index contributed by atoms with van der Waals surface area (Å²) >= 11 is 5.72. The summed E-state index contributed by atoms with van der Waals surface area (Å²) in [7, 11) is 1.62. The van der Waals surface area contributed by atoms with Crippen LogP contribution in [0.3, 0.4) is 0 Å². The van der Waals surface area contributed by atoms with Gasteiger partial charge in [-0.2, -0.15) is 0 Å². The molecule has 0 aromatic heterocycles. The van der Waals surface area contributed by atoms with Gasteiger partial charge in [0.1, 0.15) is 0 Å². The van der Waals surface area contributed by atoms with E-state index in [1.807, 2.05) is 12.1 Å². The van der Waals surface area contributed by atoms with Crippen LogP contribution in [-0.2, 0) is 15.4 Å². The molecule has 0 radical (unpaired) electrons. The maximum absolute atomic E-state index is 11.8. The summed E-state index contributed by atoms with van der Waals surface area (Å²) in [5.41, 5.74) is 1.55. The summed E-state index contributed by atoms with van der Waals surface area (Å²) in [6, 6.07) is 7.25. The van der Waals surface area contributed by atoms with E-state index in [2.05, 4.69) is 5.32 Å². The fourth-order valence-corrected chi connectivity index (χ4v) is 1.55. The van der Waals surface area contributed by atoms with E-state index in [4.69, 9.17) is 21.1 Å². The number of halogens is 1. The number of carbonyl (C=O) groups excluding carboxylic acids is 1. The maximum atomic E-state index is 11.8. The highest BCUT2D eigenvalue weighted by molar-refractivity contribution is 6.17. The van der Waals surface area contributed by atoms with Gasteiger partial charge >= 0.3 is 0 Å². The smallest absolute Gasteiger partial charge is 0.251 e. The van der Waals surface area contributed by atoms with Gasteiger partial charge in [0, 0.05) is 25.1 Å². The van der Waals surface area contributed by atoms with Gasteiger partial charge in [-0.15, -0.1) is 11.6 Å². The first kappa shape index (κ1) is 15.0. The predicted octanol–water partition coefficient (Wildman–Crippen LogP) is 1.82. The topological polar surface area (TPSA) is 47.6 Å². The van der Waals surface area contributed by atoms with E-state index in [9.17, 15) is 4.79 Å². The van der Waals surface area contributed by atoms with Crippen molar-refractivity contribution in [2.45, 2.75) is 5.88 Å². The highest BCUT2D eigenvalue weighted by atomic mass is 35.5. The Kier molecular flexibility index (Phi) is 7.41. The van der Waals surface area contributed by atoms with Crippen molar-refractivity contribution in [3.05, 3.63) is 35.4 Å². The van der Waals surface area contributed by atoms with Crippen molar-refractivity contribution in [3.63, 3.8) is 0 Å². The first-order chi connectivity index (χ1) is 8.77. The zero-order chi connectivity index (χ0) is 13.2. The molecule has 1 N–H and O–H groups in total. The number of hydrogen-bond acceptors (Lipinski definition) is 3. The molecule has 0 bridgehead atoms. The monoisotopic (exact) mass is 271 g/mol. The standard InChI is InChI=1S/C13H18ClNO3/c1-17-7-8-18-6-5-15-13(16)12-4-2-3-11(9-12)10-14/h2-4,9H,5-8,10H2,1H3,(H,15,16). The average Bonchev–Trinajstić information content (AvgIpc) is 2.42. The molecule has 5 heteroatoms. The van der Waals surface area contributed by atoms with Gasteiger partial charge in [-0.3, -0.25) is 4.79 Å². The SMILES string of the molecule is COCCOCCNC(=O)c1cccc(CCl)c1. The van der Waals surface area contributed by atoms with Gasteiger partial charge in [-0.25, -0.2) is 0 Å². The third-order valence-electron chi connectivity index (χ3n) is 2.31. The van der Waals surface area contributed by atoms with Crippen LogP contribution in [0.15, 0.2) is 24.3 Å². The van der Waals surface area contributed by atoms with Crippen molar-refractivity contribution >= 4 is 17.5 Å². The molecule has 0 aliphatic carbocycles. The Morgan fingerprint density at radius 3 is 2.89 bits per heavy atom. The van der Waals surface area contributed by atoms with Crippen molar-refractivity contribution in [1.29, 1.82) is 0 Å². The lowest BCUT2D eigenvalue weighted by molar-refractivity contribution is 0.0692. The number of hydrogen-bond donors (Lipinski definition) is 1. The normalized spacial score (nSPS) is 10.3. The summed E-state index contributed by atoms with van der Waals surface area (Å²) < 4.78 is 10.1. The molecule has 18 heavy (non-hydrogen) atoms. The zero-order valence-corrected chi connectivity index (χ0v) is 11.2. The van der Waals surface area contributed by atoms with E-state index in [1.165, 1.54) is 0 Å². The van der Waals surface area contributed by atoms with Gasteiger partial charge in [0.2, 0.25) is 0 Å². The fourth-order valence-electron chi connectivity index (χ4n) is 1.38. The average molecular weight is 272 g/mol. The molecule has 0 aliphatic heterocycles. The summed E-state index contributed by atoms with van der Waals surface area (Å²) in [5.74, 6) is 0.290. The second-order valence-electron chi connectivity index (χ2n) is 3.70. The largest absolute Gasteiger partial charge is 0.382 e. The molecule has 1 aromatic carbocycles. The highest BCUT2D eigenvalue weighted by Gasteiger charge is 2.04. The van der Waals surface area contributed by atoms with Crippen LogP contribution >= 0.6 is 11.6 Å². The molecular formula is C13H18ClNO3. The van der Waals surface area contributed by atoms with Gasteiger partial charge in [0.25, 0.3) is 5.91 Å². The van der Waals surface area contributed by atoms with Crippen molar-refractivity contribution in [1.82, 2.24) is 5.32 Å². The lowest BCUT2D eigenvalue weighted by Gasteiger charge is -2.07. The highest BCUT2D eigenvalue weighted by Crippen LogP contribution is 2.07. The number of ether oxygens (including phenoxy) is 2. The molecule has 0 fully saturated rings. The number of amides is 1. The van der Waals surface area contributed by atoms with E-state index >= 15 is 0 Å². The molecule has 100 valence electrons. The zero-order valence-electron chi connectivity index (χ0n) is 10.4. The Morgan fingerprint density at radius 1 is 1.33 bits per heavy atom. The Balaban J connectivity index is 2.27. The maximum Gasteiger partial charge on any atom is 0.251 e. The number of alkyl halides is 1. The second-order valence-corrected chi connectivity index (χ2v) is 3.96. The van der Waals surface area contributed by atoms with Crippen LogP contribution in [0.1, 0.15) is 15.9 Å². The third kappa shape index (κ3) is 5.49. The van der Waals surface area contributed by atoms with E-state index in [1.54, 1.807) is 19.2 Å². The molecule has 1 aromatic rings. The first-order valence-electron chi connectivity index (χ1n) is 5.77. The summed E-state index contributed by atoms with van der Waals surface area (Å²) in [4.78, 5) is 11.8. The van der Waals surface area contributed by atoms with Gasteiger partial charge in [0.05, 0.1) is 19.8 Å². The molecule has 0 heterocycles. The molecule has 0 aliphatic rings. The van der Waals surface area contributed by atoms with Gasteiger partial charge in [-0.1, -0.05) is 12.1 Å². The van der Waals surface area contributed by atoms with Gasteiger partial charge in [-0.05, 0) is 17.7 Å². The Hall–Kier alpha value is -1.10. The van der Waals surface area contributed by atoms with Crippen LogP contribution in [0.5, 0.6) is 0 Å². The van der Waals surface area contributed by atoms with Crippen molar-refractivity contribution < 1.29 is 14.3 Å². The Bertz CT molecular complexity index is 371. The Morgan fingerprint density at radius 2 is 2.17 bits per heavy atom. The van der Waals surface area contributed by atoms with Crippen molar-refractivity contribution in [2.75, 3.05) is 33.5 Å². The molecule has 4 nitrogen and oxygen atoms in total. The van der Waals surface area contributed by atoms with Crippen LogP contribution in [0.4, 0.5) is 0 Å². The number of methoxy groups -OCH3 is 1. The van der Waals surface area contributed by atoms with Crippen molar-refractivity contribution in [2.24, 2.45) is 0 Å². The van der Waals surface area contributed by atoms with Crippen LogP contribution in [0.2, 0.25) is 0 Å². The van der Waals surface area contributed by atoms with Crippen LogP contribution in [0.25, 0.3) is 0 Å². The van der Waals surface area contributed by atoms with E-state index in [0.717, 1.165) is 5.56 Å². The fraction of sp³-hybridized carbons (Fsp3) is 0.462. The molecule has 0 spiro atoms. The lowest BCUT2D eigenvalue weighted by atomic mass is 10.1. The summed E-state index contributed by atoms with van der Waals surface area (Å²) in [5, 5.41) is 2.78. The van der Waals surface area contributed by atoms with Crippen LogP contribution in [-0.4, -0.2) is 39.4 Å². The molecule has 1 amide bonds. The predicted molar refractivity (Wildman–Crippen MR) is 71.0 cm³/mol. The molecule has 0 unspecified atom stereocenters. The molecule has 0 saturated carbocycles. The minimum Gasteiger partial charge on any atom is -0.382 e. The molecule has 1 rings (SSSR count). The summed E-state index contributed by atoms with van der Waals surface area (Å²) in [6.45, 7) is 2.05. The Labute approximate surface area is 112 Å². The lowest BCUT2D eigenvalue weighted by Crippen LogP contribution is -2.27. The van der Waals surface area contributed by atoms with E-state index in [0.29, 0.717) is 37.8 Å². The first-order valence-corrected chi connectivity index (χ1v) is 6.31. The third-order valence-corrected chi connectivity index (χ3v) is 2.62. The molecule has 0 saturated heterocycles. The van der Waals surface area contributed by atoms with Crippen molar-refractivity contribution in [3.8, 4) is 0 Å². The van der Waals surface area contributed by atoms with Crippen LogP contribution in [0, 0.1) is 0 Å². The van der Waals surface area contributed by atoms with Crippen LogP contribution < -0.4 is 5.32 Å². The molecular weight excluding hydrogens is 254 g/mol. The second kappa shape index (κ2) is 8.91. The quantitative estimate of drug-likeness (QED) is 0.580. The van der Waals surface area contributed by atoms with E-state index < -0.39 is 0 Å².